The van der Waals surface area contributed by atoms with Crippen LogP contribution in [0, 0.1) is 0 Å². The van der Waals surface area contributed by atoms with E-state index in [1.165, 1.54) is 12.3 Å². The van der Waals surface area contributed by atoms with E-state index >= 15 is 0 Å². The average molecular weight is 257 g/mol. The molecule has 1 aromatic carbocycles. The highest BCUT2D eigenvalue weighted by Crippen LogP contribution is 2.24. The van der Waals surface area contributed by atoms with Crippen molar-refractivity contribution in [1.29, 1.82) is 0 Å². The summed E-state index contributed by atoms with van der Waals surface area (Å²) in [6.07, 6.45) is 2.13. The lowest BCUT2D eigenvalue weighted by atomic mass is 9.89. The van der Waals surface area contributed by atoms with Gasteiger partial charge in [0.2, 0.25) is 0 Å². The molecule has 0 saturated heterocycles. The fourth-order valence-electron chi connectivity index (χ4n) is 2.12. The van der Waals surface area contributed by atoms with Crippen LogP contribution in [0.4, 0.5) is 0 Å². The van der Waals surface area contributed by atoms with Gasteiger partial charge >= 0.3 is 5.97 Å². The number of aromatic nitrogens is 1. The van der Waals surface area contributed by atoms with Crippen LogP contribution in [-0.4, -0.2) is 21.8 Å². The Morgan fingerprint density at radius 3 is 2.47 bits per heavy atom. The molecule has 4 heteroatoms. The van der Waals surface area contributed by atoms with Gasteiger partial charge in [-0.3, -0.25) is 4.79 Å². The molecule has 1 atom stereocenters. The van der Waals surface area contributed by atoms with E-state index in [2.05, 4.69) is 4.98 Å². The van der Waals surface area contributed by atoms with E-state index in [-0.39, 0.29) is 17.4 Å². The normalized spacial score (nSPS) is 12.1. The number of rotatable bonds is 5. The van der Waals surface area contributed by atoms with E-state index in [1.807, 2.05) is 37.3 Å². The largest absolute Gasteiger partial charge is 0.477 e. The van der Waals surface area contributed by atoms with Gasteiger partial charge in [-0.25, -0.2) is 4.79 Å². The van der Waals surface area contributed by atoms with Crippen LogP contribution in [-0.2, 0) is 0 Å². The summed E-state index contributed by atoms with van der Waals surface area (Å²) in [5, 5.41) is 8.85. The van der Waals surface area contributed by atoms with Crippen molar-refractivity contribution in [3.8, 4) is 0 Å². The van der Waals surface area contributed by atoms with E-state index in [1.54, 1.807) is 0 Å². The van der Waals surface area contributed by atoms with Crippen molar-refractivity contribution < 1.29 is 14.7 Å². The number of Topliss-reactive ketones (excluding diaryl/α,β-unsaturated/α-hetero) is 1. The quantitative estimate of drug-likeness (QED) is 0.808. The standard InChI is InChI=1S/C15H15NO3/c1-2-12(10-6-4-3-5-7-10)14(17)11-8-13(15(18)19)16-9-11/h3-9,12,16H,2H2,1H3,(H,18,19). The molecule has 2 N–H and O–H groups in total. The molecule has 0 aliphatic carbocycles. The number of benzene rings is 1. The first-order valence-electron chi connectivity index (χ1n) is 6.14. The van der Waals surface area contributed by atoms with E-state index < -0.39 is 5.97 Å². The van der Waals surface area contributed by atoms with Crippen LogP contribution in [0.2, 0.25) is 0 Å². The van der Waals surface area contributed by atoms with Crippen molar-refractivity contribution in [1.82, 2.24) is 4.98 Å². The first-order chi connectivity index (χ1) is 9.13. The molecule has 1 unspecified atom stereocenters. The number of aromatic amines is 1. The predicted octanol–water partition coefficient (Wildman–Crippen LogP) is 3.09. The van der Waals surface area contributed by atoms with Gasteiger partial charge in [-0.05, 0) is 18.1 Å². The second-order valence-electron chi connectivity index (χ2n) is 4.34. The van der Waals surface area contributed by atoms with Gasteiger partial charge in [-0.1, -0.05) is 37.3 Å². The summed E-state index contributed by atoms with van der Waals surface area (Å²) in [6, 6.07) is 10.9. The van der Waals surface area contributed by atoms with Crippen LogP contribution in [0.5, 0.6) is 0 Å². The van der Waals surface area contributed by atoms with E-state index in [0.717, 1.165) is 5.56 Å². The summed E-state index contributed by atoms with van der Waals surface area (Å²) < 4.78 is 0. The molecule has 2 aromatic rings. The molecule has 0 spiro atoms. The minimum absolute atomic E-state index is 0.0336. The summed E-state index contributed by atoms with van der Waals surface area (Å²) in [5.74, 6) is -1.36. The number of hydrogen-bond donors (Lipinski definition) is 2. The van der Waals surface area contributed by atoms with Crippen molar-refractivity contribution in [2.75, 3.05) is 0 Å². The number of aromatic carboxylic acids is 1. The molecule has 0 saturated carbocycles. The summed E-state index contributed by atoms with van der Waals surface area (Å²) in [6.45, 7) is 1.94. The first-order valence-corrected chi connectivity index (χ1v) is 6.14. The minimum atomic E-state index is -1.06. The number of carboxylic acid groups (broad SMARTS) is 1. The highest BCUT2D eigenvalue weighted by atomic mass is 16.4. The molecule has 0 amide bonds. The van der Waals surface area contributed by atoms with Crippen molar-refractivity contribution in [3.63, 3.8) is 0 Å². The van der Waals surface area contributed by atoms with Crippen molar-refractivity contribution in [2.45, 2.75) is 19.3 Å². The van der Waals surface area contributed by atoms with E-state index in [9.17, 15) is 9.59 Å². The van der Waals surface area contributed by atoms with Gasteiger partial charge in [-0.2, -0.15) is 0 Å². The summed E-state index contributed by atoms with van der Waals surface area (Å²) in [7, 11) is 0. The zero-order chi connectivity index (χ0) is 13.8. The summed E-state index contributed by atoms with van der Waals surface area (Å²) in [5.41, 5.74) is 1.40. The molecule has 2 rings (SSSR count). The molecular formula is C15H15NO3. The van der Waals surface area contributed by atoms with Gasteiger partial charge in [0.25, 0.3) is 0 Å². The van der Waals surface area contributed by atoms with E-state index in [0.29, 0.717) is 12.0 Å². The van der Waals surface area contributed by atoms with Gasteiger partial charge in [-0.15, -0.1) is 0 Å². The van der Waals surface area contributed by atoms with Crippen LogP contribution in [0.15, 0.2) is 42.6 Å². The average Bonchev–Trinajstić information content (AvgIpc) is 2.90. The first kappa shape index (κ1) is 13.1. The third-order valence-corrected chi connectivity index (χ3v) is 3.12. The summed E-state index contributed by atoms with van der Waals surface area (Å²) >= 11 is 0. The van der Waals surface area contributed by atoms with Gasteiger partial charge in [0.05, 0.1) is 0 Å². The van der Waals surface area contributed by atoms with Crippen LogP contribution in [0.3, 0.4) is 0 Å². The maximum Gasteiger partial charge on any atom is 0.352 e. The molecule has 19 heavy (non-hydrogen) atoms. The number of carboxylic acids is 1. The monoisotopic (exact) mass is 257 g/mol. The Morgan fingerprint density at radius 1 is 1.26 bits per heavy atom. The maximum atomic E-state index is 12.4. The highest BCUT2D eigenvalue weighted by molar-refractivity contribution is 6.02. The van der Waals surface area contributed by atoms with Crippen LogP contribution in [0.1, 0.15) is 45.7 Å². The Balaban J connectivity index is 2.28. The zero-order valence-electron chi connectivity index (χ0n) is 10.6. The van der Waals surface area contributed by atoms with Crippen molar-refractivity contribution >= 4 is 11.8 Å². The van der Waals surface area contributed by atoms with E-state index in [4.69, 9.17) is 5.11 Å². The molecule has 0 bridgehead atoms. The molecule has 0 radical (unpaired) electrons. The third-order valence-electron chi connectivity index (χ3n) is 3.12. The Kier molecular flexibility index (Phi) is 3.80. The number of carbonyl (C=O) groups is 2. The number of H-pyrrole nitrogens is 1. The molecular weight excluding hydrogens is 242 g/mol. The Hall–Kier alpha value is -2.36. The van der Waals surface area contributed by atoms with Crippen molar-refractivity contribution in [2.24, 2.45) is 0 Å². The highest BCUT2D eigenvalue weighted by Gasteiger charge is 2.21. The number of ketones is 1. The fourth-order valence-corrected chi connectivity index (χ4v) is 2.12. The second kappa shape index (κ2) is 5.52. The van der Waals surface area contributed by atoms with Crippen LogP contribution >= 0.6 is 0 Å². The fraction of sp³-hybridized carbons (Fsp3) is 0.200. The minimum Gasteiger partial charge on any atom is -0.477 e. The lowest BCUT2D eigenvalue weighted by Gasteiger charge is -2.12. The second-order valence-corrected chi connectivity index (χ2v) is 4.34. The van der Waals surface area contributed by atoms with Gasteiger partial charge in [0.1, 0.15) is 5.69 Å². The topological polar surface area (TPSA) is 70.2 Å². The van der Waals surface area contributed by atoms with Crippen molar-refractivity contribution in [3.05, 3.63) is 59.4 Å². The molecule has 0 aliphatic rings. The smallest absolute Gasteiger partial charge is 0.352 e. The SMILES string of the molecule is CCC(C(=O)c1c[nH]c(C(=O)O)c1)c1ccccc1. The number of nitrogens with one attached hydrogen (secondary N) is 1. The van der Waals surface area contributed by atoms with Crippen LogP contribution < -0.4 is 0 Å². The Labute approximate surface area is 111 Å². The molecule has 0 fully saturated rings. The third kappa shape index (κ3) is 2.73. The van der Waals surface area contributed by atoms with Gasteiger partial charge < -0.3 is 10.1 Å². The molecule has 4 nitrogen and oxygen atoms in total. The molecule has 1 heterocycles. The number of hydrogen-bond acceptors (Lipinski definition) is 2. The van der Waals surface area contributed by atoms with Gasteiger partial charge in [0.15, 0.2) is 5.78 Å². The molecule has 1 aromatic heterocycles. The lowest BCUT2D eigenvalue weighted by Crippen LogP contribution is -2.11. The Morgan fingerprint density at radius 2 is 1.95 bits per heavy atom. The Bertz CT molecular complexity index is 586. The predicted molar refractivity (Wildman–Crippen MR) is 71.6 cm³/mol. The zero-order valence-corrected chi connectivity index (χ0v) is 10.6. The molecule has 98 valence electrons. The van der Waals surface area contributed by atoms with Crippen LogP contribution in [0.25, 0.3) is 0 Å². The maximum absolute atomic E-state index is 12.4. The molecule has 0 aliphatic heterocycles. The van der Waals surface area contributed by atoms with Gasteiger partial charge in [0, 0.05) is 17.7 Å². The lowest BCUT2D eigenvalue weighted by molar-refractivity contribution is 0.0691. The summed E-state index contributed by atoms with van der Waals surface area (Å²) in [4.78, 5) is 25.8. The number of carbonyl (C=O) groups excluding carboxylic acids is 1.